The lowest BCUT2D eigenvalue weighted by Crippen LogP contribution is -2.14. The van der Waals surface area contributed by atoms with Crippen molar-refractivity contribution in [2.24, 2.45) is 0 Å². The minimum atomic E-state index is -0.270. The molecule has 0 saturated heterocycles. The van der Waals surface area contributed by atoms with Crippen molar-refractivity contribution in [3.05, 3.63) is 58.5 Å². The van der Waals surface area contributed by atoms with Gasteiger partial charge in [-0.05, 0) is 30.4 Å². The van der Waals surface area contributed by atoms with E-state index < -0.39 is 0 Å². The molecule has 4 heterocycles. The maximum absolute atomic E-state index is 13.1. The van der Waals surface area contributed by atoms with Crippen LogP contribution in [0.2, 0.25) is 0 Å². The predicted molar refractivity (Wildman–Crippen MR) is 105 cm³/mol. The zero-order chi connectivity index (χ0) is 19.1. The van der Waals surface area contributed by atoms with Crippen molar-refractivity contribution >= 4 is 33.0 Å². The van der Waals surface area contributed by atoms with Crippen LogP contribution in [-0.2, 0) is 17.8 Å². The third-order valence-electron chi connectivity index (χ3n) is 4.68. The minimum absolute atomic E-state index is 0.270. The summed E-state index contributed by atoms with van der Waals surface area (Å²) < 4.78 is 11.0. The molecular formula is C20H16N4O3S. The first-order valence-electron chi connectivity index (χ1n) is 8.89. The lowest BCUT2D eigenvalue weighted by Gasteiger charge is -2.12. The molecule has 0 atom stereocenters. The van der Waals surface area contributed by atoms with Crippen molar-refractivity contribution < 1.29 is 14.1 Å². The Balaban J connectivity index is 1.58. The second-order valence-electron chi connectivity index (χ2n) is 6.49. The van der Waals surface area contributed by atoms with Gasteiger partial charge in [-0.25, -0.2) is 0 Å². The van der Waals surface area contributed by atoms with Crippen molar-refractivity contribution in [2.75, 3.05) is 11.9 Å². The lowest BCUT2D eigenvalue weighted by molar-refractivity contribution is 0.102. The first kappa shape index (κ1) is 17.0. The smallest absolute Gasteiger partial charge is 0.275 e. The highest BCUT2D eigenvalue weighted by atomic mass is 32.1. The van der Waals surface area contributed by atoms with E-state index >= 15 is 0 Å². The van der Waals surface area contributed by atoms with Crippen LogP contribution in [-0.4, -0.2) is 27.6 Å². The van der Waals surface area contributed by atoms with E-state index in [2.05, 4.69) is 20.4 Å². The van der Waals surface area contributed by atoms with Crippen LogP contribution >= 0.6 is 11.3 Å². The Kier molecular flexibility index (Phi) is 4.14. The molecule has 140 valence electrons. The summed E-state index contributed by atoms with van der Waals surface area (Å²) >= 11 is 1.48. The van der Waals surface area contributed by atoms with Crippen LogP contribution < -0.4 is 5.32 Å². The Morgan fingerprint density at radius 3 is 3.00 bits per heavy atom. The van der Waals surface area contributed by atoms with Crippen LogP contribution in [0.1, 0.15) is 26.8 Å². The highest BCUT2D eigenvalue weighted by molar-refractivity contribution is 7.17. The van der Waals surface area contributed by atoms with Crippen molar-refractivity contribution in [3.8, 4) is 11.5 Å². The standard InChI is InChI=1S/C20H16N4O3S/c1-11-22-19(27-24-11)16-14-7-9-26-10-15(14)28-20(16)23-18(25)17-13-5-3-2-4-12(13)6-8-21-17/h2-6,8H,7,9-10H2,1H3,(H,23,25). The highest BCUT2D eigenvalue weighted by Gasteiger charge is 2.27. The van der Waals surface area contributed by atoms with E-state index in [4.69, 9.17) is 9.26 Å². The number of ether oxygens (including phenoxy) is 1. The van der Waals surface area contributed by atoms with E-state index in [-0.39, 0.29) is 5.91 Å². The highest BCUT2D eigenvalue weighted by Crippen LogP contribution is 2.42. The second-order valence-corrected chi connectivity index (χ2v) is 7.60. The molecule has 28 heavy (non-hydrogen) atoms. The zero-order valence-electron chi connectivity index (χ0n) is 15.1. The Hall–Kier alpha value is -3.10. The monoisotopic (exact) mass is 392 g/mol. The van der Waals surface area contributed by atoms with Crippen LogP contribution in [0.5, 0.6) is 0 Å². The molecule has 0 fully saturated rings. The number of hydrogen-bond acceptors (Lipinski definition) is 7. The third kappa shape index (κ3) is 2.87. The maximum Gasteiger partial charge on any atom is 0.275 e. The van der Waals surface area contributed by atoms with Gasteiger partial charge in [0.1, 0.15) is 10.7 Å². The zero-order valence-corrected chi connectivity index (χ0v) is 15.9. The van der Waals surface area contributed by atoms with Gasteiger partial charge in [0, 0.05) is 16.5 Å². The van der Waals surface area contributed by atoms with Gasteiger partial charge in [0.15, 0.2) is 5.82 Å². The van der Waals surface area contributed by atoms with E-state index in [0.717, 1.165) is 33.2 Å². The fourth-order valence-electron chi connectivity index (χ4n) is 3.41. The number of benzene rings is 1. The minimum Gasteiger partial charge on any atom is -0.376 e. The summed E-state index contributed by atoms with van der Waals surface area (Å²) in [6.07, 6.45) is 2.39. The van der Waals surface area contributed by atoms with Crippen molar-refractivity contribution in [3.63, 3.8) is 0 Å². The summed E-state index contributed by atoms with van der Waals surface area (Å²) in [6, 6.07) is 9.58. The molecule has 4 aromatic rings. The van der Waals surface area contributed by atoms with E-state index in [1.54, 1.807) is 13.1 Å². The Morgan fingerprint density at radius 2 is 2.14 bits per heavy atom. The number of nitrogens with one attached hydrogen (secondary N) is 1. The first-order valence-corrected chi connectivity index (χ1v) is 9.70. The van der Waals surface area contributed by atoms with E-state index in [1.165, 1.54) is 11.3 Å². The van der Waals surface area contributed by atoms with Gasteiger partial charge in [0.2, 0.25) is 0 Å². The van der Waals surface area contributed by atoms with Crippen LogP contribution in [0.4, 0.5) is 5.00 Å². The SMILES string of the molecule is Cc1noc(-c2c(NC(=O)c3nccc4ccccc34)sc3c2CCOC3)n1. The number of amides is 1. The van der Waals surface area contributed by atoms with E-state index in [0.29, 0.717) is 35.6 Å². The first-order chi connectivity index (χ1) is 13.7. The molecular weight excluding hydrogens is 376 g/mol. The average molecular weight is 392 g/mol. The number of carbonyl (C=O) groups excluding carboxylic acids is 1. The molecule has 0 bridgehead atoms. The molecule has 5 rings (SSSR count). The molecule has 1 aromatic carbocycles. The average Bonchev–Trinajstić information content (AvgIpc) is 3.30. The molecule has 1 amide bonds. The Morgan fingerprint density at radius 1 is 1.25 bits per heavy atom. The second kappa shape index (κ2) is 6.81. The number of aromatic nitrogens is 3. The molecule has 1 aliphatic rings. The number of nitrogens with zero attached hydrogens (tertiary/aromatic N) is 3. The molecule has 3 aromatic heterocycles. The number of carbonyl (C=O) groups is 1. The summed E-state index contributed by atoms with van der Waals surface area (Å²) in [5, 5.41) is 9.37. The number of pyridine rings is 1. The van der Waals surface area contributed by atoms with Gasteiger partial charge < -0.3 is 14.6 Å². The maximum atomic E-state index is 13.1. The van der Waals surface area contributed by atoms with Crippen LogP contribution in [0.25, 0.3) is 22.2 Å². The largest absolute Gasteiger partial charge is 0.376 e. The molecule has 8 heteroatoms. The van der Waals surface area contributed by atoms with Gasteiger partial charge in [-0.15, -0.1) is 11.3 Å². The fraction of sp³-hybridized carbons (Fsp3) is 0.200. The number of hydrogen-bond donors (Lipinski definition) is 1. The van der Waals surface area contributed by atoms with Gasteiger partial charge in [-0.3, -0.25) is 9.78 Å². The summed E-state index contributed by atoms with van der Waals surface area (Å²) in [7, 11) is 0. The quantitative estimate of drug-likeness (QED) is 0.567. The number of aryl methyl sites for hydroxylation is 1. The van der Waals surface area contributed by atoms with Crippen LogP contribution in [0.15, 0.2) is 41.1 Å². The molecule has 0 spiro atoms. The number of anilines is 1. The molecule has 0 unspecified atom stereocenters. The Labute approximate surface area is 164 Å². The van der Waals surface area contributed by atoms with Gasteiger partial charge in [0.05, 0.1) is 18.8 Å². The van der Waals surface area contributed by atoms with Gasteiger partial charge in [-0.2, -0.15) is 4.98 Å². The number of rotatable bonds is 3. The molecule has 0 radical (unpaired) electrons. The molecule has 0 aliphatic carbocycles. The van der Waals surface area contributed by atoms with E-state index in [1.807, 2.05) is 30.3 Å². The topological polar surface area (TPSA) is 90.1 Å². The summed E-state index contributed by atoms with van der Waals surface area (Å²) in [4.78, 5) is 22.8. The van der Waals surface area contributed by atoms with Crippen molar-refractivity contribution in [2.45, 2.75) is 20.0 Å². The normalized spacial score (nSPS) is 13.5. The summed E-state index contributed by atoms with van der Waals surface area (Å²) in [5.74, 6) is 0.696. The fourth-order valence-corrected chi connectivity index (χ4v) is 4.58. The van der Waals surface area contributed by atoms with Gasteiger partial charge >= 0.3 is 0 Å². The summed E-state index contributed by atoms with van der Waals surface area (Å²) in [6.45, 7) is 2.91. The number of fused-ring (bicyclic) bond motifs is 2. The van der Waals surface area contributed by atoms with Crippen LogP contribution in [0.3, 0.4) is 0 Å². The Bertz CT molecular complexity index is 1190. The third-order valence-corrected chi connectivity index (χ3v) is 5.80. The van der Waals surface area contributed by atoms with Gasteiger partial charge in [-0.1, -0.05) is 29.4 Å². The summed E-state index contributed by atoms with van der Waals surface area (Å²) in [5.41, 5.74) is 2.27. The van der Waals surface area contributed by atoms with Gasteiger partial charge in [0.25, 0.3) is 11.8 Å². The number of thiophene rings is 1. The molecule has 0 saturated carbocycles. The van der Waals surface area contributed by atoms with E-state index in [9.17, 15) is 4.79 Å². The molecule has 1 aliphatic heterocycles. The predicted octanol–water partition coefficient (Wildman–Crippen LogP) is 3.98. The van der Waals surface area contributed by atoms with Crippen LogP contribution in [0, 0.1) is 6.92 Å². The molecule has 7 nitrogen and oxygen atoms in total. The van der Waals surface area contributed by atoms with Crippen molar-refractivity contribution in [1.82, 2.24) is 15.1 Å². The lowest BCUT2D eigenvalue weighted by atomic mass is 10.1. The van der Waals surface area contributed by atoms with Crippen molar-refractivity contribution in [1.29, 1.82) is 0 Å². The molecule has 1 N–H and O–H groups in total.